The van der Waals surface area contributed by atoms with Crippen LogP contribution < -0.4 is 5.56 Å². The van der Waals surface area contributed by atoms with Crippen LogP contribution in [0, 0.1) is 0 Å². The summed E-state index contributed by atoms with van der Waals surface area (Å²) in [5.41, 5.74) is 1.61. The Morgan fingerprint density at radius 3 is 2.37 bits per heavy atom. The normalized spacial score (nSPS) is 10.9. The highest BCUT2D eigenvalue weighted by atomic mass is 35.5. The standard InChI is InChI=1S/C23H17Cl2N3O2/c24-16-11-9-15(10-12-16)13-28(23(30)17-5-1-3-7-19(17)25)14-21-26-20-8-4-2-6-18(20)22(29)27-21/h1-12H,13-14H2,(H,26,27,29). The van der Waals surface area contributed by atoms with E-state index in [1.165, 1.54) is 0 Å². The summed E-state index contributed by atoms with van der Waals surface area (Å²) in [5.74, 6) is 0.138. The Balaban J connectivity index is 1.71. The van der Waals surface area contributed by atoms with E-state index in [0.29, 0.717) is 38.9 Å². The number of hydrogen-bond acceptors (Lipinski definition) is 3. The van der Waals surface area contributed by atoms with Crippen molar-refractivity contribution in [3.8, 4) is 0 Å². The number of aromatic nitrogens is 2. The molecule has 0 aliphatic rings. The minimum Gasteiger partial charge on any atom is -0.327 e. The molecule has 1 N–H and O–H groups in total. The van der Waals surface area contributed by atoms with Crippen molar-refractivity contribution in [2.75, 3.05) is 0 Å². The number of H-pyrrole nitrogens is 1. The van der Waals surface area contributed by atoms with Gasteiger partial charge in [0.15, 0.2) is 0 Å². The summed E-state index contributed by atoms with van der Waals surface area (Å²) in [6.07, 6.45) is 0. The van der Waals surface area contributed by atoms with E-state index in [9.17, 15) is 9.59 Å². The molecular formula is C23H17Cl2N3O2. The topological polar surface area (TPSA) is 66.1 Å². The molecule has 0 atom stereocenters. The molecule has 30 heavy (non-hydrogen) atoms. The van der Waals surface area contributed by atoms with Crippen molar-refractivity contribution in [1.29, 1.82) is 0 Å². The Morgan fingerprint density at radius 2 is 1.60 bits per heavy atom. The zero-order valence-corrected chi connectivity index (χ0v) is 17.3. The van der Waals surface area contributed by atoms with Crippen LogP contribution >= 0.6 is 23.2 Å². The number of amides is 1. The van der Waals surface area contributed by atoms with Gasteiger partial charge < -0.3 is 9.88 Å². The fourth-order valence-electron chi connectivity index (χ4n) is 3.21. The maximum Gasteiger partial charge on any atom is 0.258 e. The van der Waals surface area contributed by atoms with Crippen LogP contribution in [0.25, 0.3) is 10.9 Å². The highest BCUT2D eigenvalue weighted by Crippen LogP contribution is 2.20. The zero-order chi connectivity index (χ0) is 21.1. The molecule has 5 nitrogen and oxygen atoms in total. The smallest absolute Gasteiger partial charge is 0.258 e. The first-order valence-corrected chi connectivity index (χ1v) is 10.0. The molecule has 1 amide bonds. The molecule has 3 aromatic carbocycles. The Kier molecular flexibility index (Phi) is 5.84. The predicted molar refractivity (Wildman–Crippen MR) is 119 cm³/mol. The van der Waals surface area contributed by atoms with Gasteiger partial charge in [-0.15, -0.1) is 0 Å². The summed E-state index contributed by atoms with van der Waals surface area (Å²) in [4.78, 5) is 34.6. The van der Waals surface area contributed by atoms with Gasteiger partial charge in [0.2, 0.25) is 0 Å². The number of carbonyl (C=O) groups excluding carboxylic acids is 1. The molecule has 4 rings (SSSR count). The van der Waals surface area contributed by atoms with Gasteiger partial charge in [-0.3, -0.25) is 9.59 Å². The number of para-hydroxylation sites is 1. The monoisotopic (exact) mass is 437 g/mol. The van der Waals surface area contributed by atoms with Crippen LogP contribution in [0.5, 0.6) is 0 Å². The van der Waals surface area contributed by atoms with E-state index in [-0.39, 0.29) is 18.0 Å². The lowest BCUT2D eigenvalue weighted by Crippen LogP contribution is -2.32. The van der Waals surface area contributed by atoms with Crippen molar-refractivity contribution in [3.05, 3.63) is 110 Å². The van der Waals surface area contributed by atoms with Crippen molar-refractivity contribution >= 4 is 40.0 Å². The Labute approximate surface area is 182 Å². The lowest BCUT2D eigenvalue weighted by molar-refractivity contribution is 0.0725. The van der Waals surface area contributed by atoms with E-state index in [0.717, 1.165) is 5.56 Å². The lowest BCUT2D eigenvalue weighted by Gasteiger charge is -2.23. The number of aromatic amines is 1. The lowest BCUT2D eigenvalue weighted by atomic mass is 10.1. The number of hydrogen-bond donors (Lipinski definition) is 1. The maximum absolute atomic E-state index is 13.3. The minimum absolute atomic E-state index is 0.118. The fourth-order valence-corrected chi connectivity index (χ4v) is 3.55. The Hall–Kier alpha value is -3.15. The first kappa shape index (κ1) is 20.1. The molecule has 150 valence electrons. The average molecular weight is 438 g/mol. The molecule has 0 bridgehead atoms. The third-order valence-electron chi connectivity index (χ3n) is 4.68. The number of benzene rings is 3. The molecule has 0 fully saturated rings. The van der Waals surface area contributed by atoms with Crippen molar-refractivity contribution in [3.63, 3.8) is 0 Å². The quantitative estimate of drug-likeness (QED) is 0.473. The van der Waals surface area contributed by atoms with Gasteiger partial charge in [0.25, 0.3) is 11.5 Å². The van der Waals surface area contributed by atoms with Crippen LogP contribution in [-0.2, 0) is 13.1 Å². The largest absolute Gasteiger partial charge is 0.327 e. The van der Waals surface area contributed by atoms with E-state index in [4.69, 9.17) is 23.2 Å². The van der Waals surface area contributed by atoms with E-state index in [2.05, 4.69) is 9.97 Å². The SMILES string of the molecule is O=C(c1ccccc1Cl)N(Cc1ccc(Cl)cc1)Cc1nc2ccccc2c(=O)[nH]1. The highest BCUT2D eigenvalue weighted by molar-refractivity contribution is 6.33. The number of fused-ring (bicyclic) bond motifs is 1. The molecule has 0 radical (unpaired) electrons. The van der Waals surface area contributed by atoms with Gasteiger partial charge in [-0.1, -0.05) is 59.6 Å². The summed E-state index contributed by atoms with van der Waals surface area (Å²) in [5, 5.41) is 1.48. The number of nitrogens with one attached hydrogen (secondary N) is 1. The van der Waals surface area contributed by atoms with Gasteiger partial charge in [-0.2, -0.15) is 0 Å². The van der Waals surface area contributed by atoms with Crippen LogP contribution in [0.1, 0.15) is 21.7 Å². The van der Waals surface area contributed by atoms with Gasteiger partial charge in [0, 0.05) is 11.6 Å². The van der Waals surface area contributed by atoms with Crippen molar-refractivity contribution in [2.24, 2.45) is 0 Å². The van der Waals surface area contributed by atoms with Crippen LogP contribution in [0.3, 0.4) is 0 Å². The number of nitrogens with zero attached hydrogens (tertiary/aromatic N) is 2. The van der Waals surface area contributed by atoms with Crippen LogP contribution in [0.15, 0.2) is 77.6 Å². The third-order valence-corrected chi connectivity index (χ3v) is 5.26. The molecule has 7 heteroatoms. The molecule has 0 saturated carbocycles. The summed E-state index contributed by atoms with van der Waals surface area (Å²) in [6, 6.07) is 21.2. The molecular weight excluding hydrogens is 421 g/mol. The Bertz CT molecular complexity index is 1270. The van der Waals surface area contributed by atoms with E-state index in [1.807, 2.05) is 18.2 Å². The zero-order valence-electron chi connectivity index (χ0n) is 15.8. The summed E-state index contributed by atoms with van der Waals surface area (Å²) in [6.45, 7) is 0.421. The van der Waals surface area contributed by atoms with Crippen LogP contribution in [0.4, 0.5) is 0 Å². The van der Waals surface area contributed by atoms with Crippen LogP contribution in [-0.4, -0.2) is 20.8 Å². The highest BCUT2D eigenvalue weighted by Gasteiger charge is 2.20. The fraction of sp³-hybridized carbons (Fsp3) is 0.0870. The van der Waals surface area contributed by atoms with Crippen molar-refractivity contribution in [1.82, 2.24) is 14.9 Å². The van der Waals surface area contributed by atoms with Crippen molar-refractivity contribution in [2.45, 2.75) is 13.1 Å². The first-order chi connectivity index (χ1) is 14.5. The van der Waals surface area contributed by atoms with E-state index < -0.39 is 0 Å². The minimum atomic E-state index is -0.258. The average Bonchev–Trinajstić information content (AvgIpc) is 2.75. The molecule has 0 unspecified atom stereocenters. The van der Waals surface area contributed by atoms with Gasteiger partial charge in [0.1, 0.15) is 5.82 Å². The second kappa shape index (κ2) is 8.69. The van der Waals surface area contributed by atoms with Gasteiger partial charge >= 0.3 is 0 Å². The molecule has 1 heterocycles. The molecule has 0 saturated heterocycles. The third kappa shape index (κ3) is 4.37. The molecule has 0 aliphatic heterocycles. The second-order valence-electron chi connectivity index (χ2n) is 6.80. The summed E-state index contributed by atoms with van der Waals surface area (Å²) < 4.78 is 0. The molecule has 0 spiro atoms. The van der Waals surface area contributed by atoms with Crippen LogP contribution in [0.2, 0.25) is 10.0 Å². The van der Waals surface area contributed by atoms with Crippen molar-refractivity contribution < 1.29 is 4.79 Å². The van der Waals surface area contributed by atoms with Gasteiger partial charge in [-0.05, 0) is 42.0 Å². The van der Waals surface area contributed by atoms with Gasteiger partial charge in [-0.25, -0.2) is 4.98 Å². The maximum atomic E-state index is 13.3. The second-order valence-corrected chi connectivity index (χ2v) is 7.64. The summed E-state index contributed by atoms with van der Waals surface area (Å²) >= 11 is 12.2. The van der Waals surface area contributed by atoms with Gasteiger partial charge in [0.05, 0.1) is 28.0 Å². The predicted octanol–water partition coefficient (Wildman–Crippen LogP) is 5.07. The molecule has 4 aromatic rings. The first-order valence-electron chi connectivity index (χ1n) is 9.27. The van der Waals surface area contributed by atoms with E-state index in [1.54, 1.807) is 59.5 Å². The Morgan fingerprint density at radius 1 is 0.900 bits per heavy atom. The van der Waals surface area contributed by atoms with E-state index >= 15 is 0 Å². The number of halogens is 2. The molecule has 0 aliphatic carbocycles. The number of rotatable bonds is 5. The molecule has 1 aromatic heterocycles. The summed E-state index contributed by atoms with van der Waals surface area (Å²) in [7, 11) is 0. The number of carbonyl (C=O) groups is 1.